The maximum Gasteiger partial charge on any atom is 0.0769 e. The SMILES string of the molecule is Cc1ccc2c(c1C)-c1nc-2c(C)c2c3ccccc3c(c(C)c3nc(c(C)c4c5ccccc5c(c1C)n4C)-c1ccccc1-3)n2C. The minimum Gasteiger partial charge on any atom is -0.343 e. The third-order valence-corrected chi connectivity index (χ3v) is 11.2. The fraction of sp³-hybridized carbons (Fsp3) is 0.182. The van der Waals surface area contributed by atoms with Crippen LogP contribution in [-0.2, 0) is 14.1 Å². The first kappa shape index (κ1) is 28.7. The van der Waals surface area contributed by atoms with Crippen LogP contribution in [0, 0.1) is 41.5 Å². The quantitative estimate of drug-likeness (QED) is 0.169. The first-order valence-electron chi connectivity index (χ1n) is 16.8. The Bertz CT molecular complexity index is 2750. The van der Waals surface area contributed by atoms with Gasteiger partial charge in [-0.25, -0.2) is 9.97 Å². The zero-order valence-electron chi connectivity index (χ0n) is 28.9. The van der Waals surface area contributed by atoms with Crippen LogP contribution < -0.4 is 0 Å². The summed E-state index contributed by atoms with van der Waals surface area (Å²) < 4.78 is 4.77. The summed E-state index contributed by atoms with van der Waals surface area (Å²) in [7, 11) is 4.42. The number of fused-ring (bicyclic) bond motifs is 20. The minimum absolute atomic E-state index is 1.04. The van der Waals surface area contributed by atoms with Crippen LogP contribution in [-0.4, -0.2) is 19.1 Å². The largest absolute Gasteiger partial charge is 0.343 e. The van der Waals surface area contributed by atoms with Gasteiger partial charge >= 0.3 is 0 Å². The molecule has 8 bridgehead atoms. The van der Waals surface area contributed by atoms with Crippen molar-refractivity contribution in [1.82, 2.24) is 19.1 Å². The molecule has 7 aromatic rings. The number of hydrogen-bond donors (Lipinski definition) is 0. The molecule has 0 fully saturated rings. The monoisotopic (exact) mass is 622 g/mol. The number of nitrogens with zero attached hydrogens (tertiary/aromatic N) is 4. The van der Waals surface area contributed by atoms with Crippen LogP contribution in [0.3, 0.4) is 0 Å². The van der Waals surface area contributed by atoms with Crippen molar-refractivity contribution >= 4 is 43.6 Å². The smallest absolute Gasteiger partial charge is 0.0769 e. The topological polar surface area (TPSA) is 35.6 Å². The van der Waals surface area contributed by atoms with Gasteiger partial charge in [0.1, 0.15) is 0 Å². The summed E-state index contributed by atoms with van der Waals surface area (Å²) in [5.74, 6) is 0. The summed E-state index contributed by atoms with van der Waals surface area (Å²) in [4.78, 5) is 11.1. The van der Waals surface area contributed by atoms with Gasteiger partial charge in [-0.05, 0) is 74.9 Å². The Balaban J connectivity index is 1.65. The number of aromatic nitrogens is 4. The fourth-order valence-corrected chi connectivity index (χ4v) is 8.80. The average Bonchev–Trinajstić information content (AvgIpc) is 3.82. The van der Waals surface area contributed by atoms with Gasteiger partial charge in [0.05, 0.1) is 44.8 Å². The van der Waals surface area contributed by atoms with Crippen molar-refractivity contribution in [3.8, 4) is 45.0 Å². The highest BCUT2D eigenvalue weighted by Crippen LogP contribution is 2.47. The van der Waals surface area contributed by atoms with E-state index in [2.05, 4.69) is 150 Å². The molecule has 2 aliphatic heterocycles. The van der Waals surface area contributed by atoms with Crippen LogP contribution in [0.15, 0.2) is 84.9 Å². The summed E-state index contributed by atoms with van der Waals surface area (Å²) in [5, 5.41) is 4.93. The first-order valence-corrected chi connectivity index (χ1v) is 16.8. The van der Waals surface area contributed by atoms with Crippen LogP contribution >= 0.6 is 0 Å². The molecule has 0 atom stereocenters. The molecule has 0 spiro atoms. The Kier molecular flexibility index (Phi) is 5.99. The fourth-order valence-electron chi connectivity index (χ4n) is 8.80. The van der Waals surface area contributed by atoms with Crippen molar-refractivity contribution in [1.29, 1.82) is 0 Å². The zero-order chi connectivity index (χ0) is 33.2. The van der Waals surface area contributed by atoms with E-state index in [0.717, 1.165) is 22.8 Å². The Morgan fingerprint density at radius 2 is 0.729 bits per heavy atom. The number of hydrogen-bond acceptors (Lipinski definition) is 2. The summed E-state index contributed by atoms with van der Waals surface area (Å²) in [6.07, 6.45) is 0. The lowest BCUT2D eigenvalue weighted by Gasteiger charge is -2.11. The molecule has 0 radical (unpaired) electrons. The predicted octanol–water partition coefficient (Wildman–Crippen LogP) is 11.2. The van der Waals surface area contributed by atoms with E-state index in [1.807, 2.05) is 0 Å². The second kappa shape index (κ2) is 10.0. The molecule has 4 nitrogen and oxygen atoms in total. The second-order valence-electron chi connectivity index (χ2n) is 13.7. The molecule has 0 N–H and O–H groups in total. The molecule has 234 valence electrons. The summed E-state index contributed by atoms with van der Waals surface area (Å²) in [5.41, 5.74) is 21.0. The van der Waals surface area contributed by atoms with Gasteiger partial charge in [0.2, 0.25) is 0 Å². The molecule has 0 saturated heterocycles. The molecule has 0 aliphatic carbocycles. The Morgan fingerprint density at radius 1 is 0.375 bits per heavy atom. The van der Waals surface area contributed by atoms with Crippen molar-refractivity contribution in [2.75, 3.05) is 0 Å². The Hall–Kier alpha value is -5.48. The summed E-state index contributed by atoms with van der Waals surface area (Å²) >= 11 is 0. The van der Waals surface area contributed by atoms with Gasteiger partial charge < -0.3 is 9.13 Å². The highest BCUT2D eigenvalue weighted by atomic mass is 15.0. The standard InChI is InChI=1S/C44H38N4/c1-23-21-22-35-36(24(23)2)40-28(6)44-34-20-14-13-19-33(34)42(48(44)8)26(4)38-30-16-10-9-15-29(30)37(45-38)25(3)41-31-17-11-12-18-32(31)43(47(41)7)27(5)39(35)46-40/h9-22H,1-8H3. The number of aryl methyl sites for hydroxylation is 7. The third-order valence-electron chi connectivity index (χ3n) is 11.2. The van der Waals surface area contributed by atoms with Gasteiger partial charge in [-0.1, -0.05) is 84.9 Å². The van der Waals surface area contributed by atoms with Crippen molar-refractivity contribution in [3.63, 3.8) is 0 Å². The van der Waals surface area contributed by atoms with Gasteiger partial charge in [0.25, 0.3) is 0 Å². The van der Waals surface area contributed by atoms with Gasteiger partial charge in [-0.2, -0.15) is 0 Å². The predicted molar refractivity (Wildman–Crippen MR) is 203 cm³/mol. The maximum atomic E-state index is 5.61. The van der Waals surface area contributed by atoms with E-state index in [4.69, 9.17) is 9.97 Å². The molecule has 0 amide bonds. The molecule has 4 heteroatoms. The van der Waals surface area contributed by atoms with Crippen molar-refractivity contribution < 1.29 is 0 Å². The molecule has 3 aromatic heterocycles. The molecular formula is C44H38N4. The molecule has 0 saturated carbocycles. The molecule has 2 aliphatic rings. The van der Waals surface area contributed by atoms with E-state index in [1.54, 1.807) is 0 Å². The summed E-state index contributed by atoms with van der Waals surface area (Å²) in [6, 6.07) is 30.9. The highest BCUT2D eigenvalue weighted by Gasteiger charge is 2.27. The Labute approximate surface area is 281 Å². The molecule has 5 heterocycles. The van der Waals surface area contributed by atoms with E-state index < -0.39 is 0 Å². The van der Waals surface area contributed by atoms with Gasteiger partial charge in [0, 0.05) is 57.9 Å². The van der Waals surface area contributed by atoms with E-state index in [1.165, 1.54) is 99.2 Å². The van der Waals surface area contributed by atoms with Crippen molar-refractivity contribution in [2.24, 2.45) is 14.1 Å². The van der Waals surface area contributed by atoms with Crippen LogP contribution in [0.1, 0.15) is 33.4 Å². The van der Waals surface area contributed by atoms with Gasteiger partial charge in [0.15, 0.2) is 0 Å². The van der Waals surface area contributed by atoms with E-state index in [-0.39, 0.29) is 0 Å². The highest BCUT2D eigenvalue weighted by molar-refractivity contribution is 6.14. The van der Waals surface area contributed by atoms with Crippen molar-refractivity contribution in [3.05, 3.63) is 118 Å². The van der Waals surface area contributed by atoms with E-state index in [9.17, 15) is 0 Å². The second-order valence-corrected chi connectivity index (χ2v) is 13.7. The maximum absolute atomic E-state index is 5.61. The molecule has 9 rings (SSSR count). The van der Waals surface area contributed by atoms with Gasteiger partial charge in [-0.3, -0.25) is 0 Å². The lowest BCUT2D eigenvalue weighted by atomic mass is 9.93. The van der Waals surface area contributed by atoms with Gasteiger partial charge in [-0.15, -0.1) is 0 Å². The Morgan fingerprint density at radius 3 is 1.17 bits per heavy atom. The van der Waals surface area contributed by atoms with Crippen LogP contribution in [0.5, 0.6) is 0 Å². The number of benzene rings is 4. The van der Waals surface area contributed by atoms with Crippen LogP contribution in [0.25, 0.3) is 88.6 Å². The molecule has 4 aromatic carbocycles. The normalized spacial score (nSPS) is 12.2. The summed E-state index contributed by atoms with van der Waals surface area (Å²) in [6.45, 7) is 13.5. The number of rotatable bonds is 0. The lowest BCUT2D eigenvalue weighted by Crippen LogP contribution is -1.94. The lowest BCUT2D eigenvalue weighted by molar-refractivity contribution is 1.000. The van der Waals surface area contributed by atoms with Crippen molar-refractivity contribution in [2.45, 2.75) is 41.5 Å². The molecule has 48 heavy (non-hydrogen) atoms. The third kappa shape index (κ3) is 3.60. The first-order chi connectivity index (χ1) is 23.2. The average molecular weight is 623 g/mol. The molecular weight excluding hydrogens is 585 g/mol. The molecule has 0 unspecified atom stereocenters. The minimum atomic E-state index is 1.04. The zero-order valence-corrected chi connectivity index (χ0v) is 28.9. The van der Waals surface area contributed by atoms with Crippen LogP contribution in [0.2, 0.25) is 0 Å². The van der Waals surface area contributed by atoms with Crippen LogP contribution in [0.4, 0.5) is 0 Å². The van der Waals surface area contributed by atoms with E-state index >= 15 is 0 Å². The van der Waals surface area contributed by atoms with E-state index in [0.29, 0.717) is 0 Å².